The maximum Gasteiger partial charge on any atom is 0.287 e. The number of rotatable bonds is 6. The van der Waals surface area contributed by atoms with Crippen LogP contribution in [0, 0.1) is 6.92 Å². The largest absolute Gasteiger partial charge is 0.455 e. The number of benzene rings is 2. The second-order valence-electron chi connectivity index (χ2n) is 10.5. The zero-order chi connectivity index (χ0) is 25.2. The molecule has 1 unspecified atom stereocenters. The first-order chi connectivity index (χ1) is 16.5. The van der Waals surface area contributed by atoms with Gasteiger partial charge in [0, 0.05) is 4.90 Å². The molecule has 0 aliphatic carbocycles. The molecule has 4 rings (SSSR count). The number of carbonyl (C=O) groups is 1. The molecule has 6 heteroatoms. The normalized spacial score (nSPS) is 19.9. The average Bonchev–Trinajstić information content (AvgIpc) is 3.28. The van der Waals surface area contributed by atoms with Gasteiger partial charge in [0.25, 0.3) is 5.91 Å². The van der Waals surface area contributed by atoms with Crippen LogP contribution >= 0.6 is 11.8 Å². The summed E-state index contributed by atoms with van der Waals surface area (Å²) in [5.74, 6) is 0.706. The van der Waals surface area contributed by atoms with Crippen LogP contribution in [-0.4, -0.2) is 24.3 Å². The Hall–Kier alpha value is -2.54. The Balaban J connectivity index is 1.42. The summed E-state index contributed by atoms with van der Waals surface area (Å²) in [4.78, 5) is 14.3. The predicted molar refractivity (Wildman–Crippen MR) is 140 cm³/mol. The van der Waals surface area contributed by atoms with Crippen molar-refractivity contribution in [2.75, 3.05) is 6.61 Å². The first kappa shape index (κ1) is 25.5. The third kappa shape index (κ3) is 6.37. The van der Waals surface area contributed by atoms with Gasteiger partial charge in [0.05, 0.1) is 18.4 Å². The van der Waals surface area contributed by atoms with Crippen LogP contribution in [0.1, 0.15) is 73.7 Å². The molecule has 0 spiro atoms. The lowest BCUT2D eigenvalue weighted by molar-refractivity contribution is -0.284. The second kappa shape index (κ2) is 10.2. The number of ether oxygens (including phenoxy) is 2. The Morgan fingerprint density at radius 2 is 1.83 bits per heavy atom. The van der Waals surface area contributed by atoms with E-state index in [0.29, 0.717) is 12.4 Å². The maximum atomic E-state index is 13.0. The van der Waals surface area contributed by atoms with E-state index in [1.54, 1.807) is 17.8 Å². The Morgan fingerprint density at radius 3 is 2.54 bits per heavy atom. The molecular weight excluding hydrogens is 458 g/mol. The molecular formula is C29H35NO4S. The second-order valence-corrected chi connectivity index (χ2v) is 11.5. The van der Waals surface area contributed by atoms with Crippen LogP contribution in [0.3, 0.4) is 0 Å². The van der Waals surface area contributed by atoms with Crippen molar-refractivity contribution in [3.8, 4) is 0 Å². The molecule has 35 heavy (non-hydrogen) atoms. The summed E-state index contributed by atoms with van der Waals surface area (Å²) in [5.41, 5.74) is 3.63. The third-order valence-corrected chi connectivity index (χ3v) is 7.32. The lowest BCUT2D eigenvalue weighted by atomic mass is 9.87. The van der Waals surface area contributed by atoms with Crippen molar-refractivity contribution >= 4 is 17.7 Å². The first-order valence-electron chi connectivity index (χ1n) is 12.0. The maximum absolute atomic E-state index is 13.0. The van der Waals surface area contributed by atoms with Crippen LogP contribution in [0.5, 0.6) is 0 Å². The summed E-state index contributed by atoms with van der Waals surface area (Å²) >= 11 is 1.72. The van der Waals surface area contributed by atoms with E-state index in [-0.39, 0.29) is 29.2 Å². The molecule has 1 aliphatic rings. The zero-order valence-corrected chi connectivity index (χ0v) is 22.2. The number of amides is 1. The van der Waals surface area contributed by atoms with Crippen molar-refractivity contribution < 1.29 is 18.7 Å². The van der Waals surface area contributed by atoms with E-state index >= 15 is 0 Å². The number of hydrogen-bond donors (Lipinski definition) is 1. The van der Waals surface area contributed by atoms with Crippen molar-refractivity contribution in [1.29, 1.82) is 0 Å². The van der Waals surface area contributed by atoms with Crippen molar-refractivity contribution in [2.45, 2.75) is 75.5 Å². The van der Waals surface area contributed by atoms with Crippen molar-refractivity contribution in [1.82, 2.24) is 5.32 Å². The van der Waals surface area contributed by atoms with E-state index in [2.05, 4.69) is 51.2 Å². The number of carbonyl (C=O) groups excluding carboxylic acids is 1. The van der Waals surface area contributed by atoms with Crippen LogP contribution in [-0.2, 0) is 20.6 Å². The van der Waals surface area contributed by atoms with Gasteiger partial charge < -0.3 is 19.2 Å². The van der Waals surface area contributed by atoms with Crippen LogP contribution < -0.4 is 5.32 Å². The summed E-state index contributed by atoms with van der Waals surface area (Å²) in [7, 11) is 0. The van der Waals surface area contributed by atoms with E-state index in [9.17, 15) is 4.79 Å². The van der Waals surface area contributed by atoms with Gasteiger partial charge in [0.2, 0.25) is 0 Å². The van der Waals surface area contributed by atoms with Gasteiger partial charge in [-0.15, -0.1) is 11.8 Å². The molecule has 3 aromatic rings. The van der Waals surface area contributed by atoms with Crippen LogP contribution in [0.2, 0.25) is 0 Å². The van der Waals surface area contributed by atoms with Crippen molar-refractivity contribution in [3.05, 3.63) is 88.9 Å². The van der Waals surface area contributed by atoms with Crippen LogP contribution in [0.25, 0.3) is 0 Å². The molecule has 0 radical (unpaired) electrons. The average molecular weight is 494 g/mol. The van der Waals surface area contributed by atoms with E-state index < -0.39 is 5.79 Å². The number of thioether (sulfide) groups is 1. The van der Waals surface area contributed by atoms with Gasteiger partial charge in [0.15, 0.2) is 11.5 Å². The molecule has 1 aromatic heterocycles. The minimum Gasteiger partial charge on any atom is -0.455 e. The molecule has 5 nitrogen and oxygen atoms in total. The topological polar surface area (TPSA) is 60.7 Å². The van der Waals surface area contributed by atoms with Gasteiger partial charge in [-0.1, -0.05) is 63.2 Å². The van der Waals surface area contributed by atoms with Gasteiger partial charge in [-0.05, 0) is 61.1 Å². The van der Waals surface area contributed by atoms with Gasteiger partial charge >= 0.3 is 0 Å². The Morgan fingerprint density at radius 1 is 1.09 bits per heavy atom. The smallest absolute Gasteiger partial charge is 0.287 e. The standard InChI is InChI=1S/C29H35NO4S/c1-19-12-13-21(28(2,3)4)16-25(19)35-18-22-14-15-24(33-22)27(31)30-23-17-32-29(5,6)34-26(23)20-10-8-7-9-11-20/h7-16,23,26H,17-18H2,1-6H3,(H,30,31)/t23-,26?/m1/s1. The Bertz CT molecular complexity index is 1160. The molecule has 1 saturated heterocycles. The fraction of sp³-hybridized carbons (Fsp3) is 0.414. The molecule has 2 heterocycles. The molecule has 1 amide bonds. The van der Waals surface area contributed by atoms with Gasteiger partial charge in [-0.3, -0.25) is 4.79 Å². The molecule has 2 atom stereocenters. The summed E-state index contributed by atoms with van der Waals surface area (Å²) in [5, 5.41) is 3.05. The summed E-state index contributed by atoms with van der Waals surface area (Å²) in [6, 6.07) is 19.8. The molecule has 0 bridgehead atoms. The predicted octanol–water partition coefficient (Wildman–Crippen LogP) is 6.80. The molecule has 1 fully saturated rings. The molecule has 1 N–H and O–H groups in total. The van der Waals surface area contributed by atoms with E-state index in [1.165, 1.54) is 16.0 Å². The summed E-state index contributed by atoms with van der Waals surface area (Å²) < 4.78 is 17.9. The molecule has 2 aromatic carbocycles. The zero-order valence-electron chi connectivity index (χ0n) is 21.4. The first-order valence-corrected chi connectivity index (χ1v) is 13.0. The Labute approximate surface area is 212 Å². The number of hydrogen-bond acceptors (Lipinski definition) is 5. The number of furan rings is 1. The minimum absolute atomic E-state index is 0.0956. The lowest BCUT2D eigenvalue weighted by Gasteiger charge is -2.41. The minimum atomic E-state index is -0.723. The molecule has 0 saturated carbocycles. The summed E-state index contributed by atoms with van der Waals surface area (Å²) in [6.45, 7) is 12.9. The molecule has 1 aliphatic heterocycles. The van der Waals surface area contributed by atoms with Crippen LogP contribution in [0.4, 0.5) is 0 Å². The highest BCUT2D eigenvalue weighted by Crippen LogP contribution is 2.34. The van der Waals surface area contributed by atoms with E-state index in [4.69, 9.17) is 13.9 Å². The Kier molecular flexibility index (Phi) is 7.46. The highest BCUT2D eigenvalue weighted by atomic mass is 32.2. The van der Waals surface area contributed by atoms with Gasteiger partial charge in [-0.2, -0.15) is 0 Å². The van der Waals surface area contributed by atoms with E-state index in [0.717, 1.165) is 11.3 Å². The van der Waals surface area contributed by atoms with Crippen LogP contribution in [0.15, 0.2) is 70.0 Å². The number of aryl methyl sites for hydroxylation is 1. The van der Waals surface area contributed by atoms with Crippen molar-refractivity contribution in [3.63, 3.8) is 0 Å². The monoisotopic (exact) mass is 493 g/mol. The van der Waals surface area contributed by atoms with E-state index in [1.807, 2.05) is 50.2 Å². The van der Waals surface area contributed by atoms with Gasteiger partial charge in [0.1, 0.15) is 11.9 Å². The number of nitrogens with one attached hydrogen (secondary N) is 1. The van der Waals surface area contributed by atoms with Crippen molar-refractivity contribution in [2.24, 2.45) is 0 Å². The fourth-order valence-electron chi connectivity index (χ4n) is 4.05. The lowest BCUT2D eigenvalue weighted by Crippen LogP contribution is -2.51. The highest BCUT2D eigenvalue weighted by Gasteiger charge is 2.38. The molecule has 186 valence electrons. The SMILES string of the molecule is Cc1ccc(C(C)(C)C)cc1SCc1ccc(C(=O)N[C@@H]2COC(C)(C)OC2c2ccccc2)o1. The summed E-state index contributed by atoms with van der Waals surface area (Å²) in [6.07, 6.45) is -0.313. The quantitative estimate of drug-likeness (QED) is 0.383. The highest BCUT2D eigenvalue weighted by molar-refractivity contribution is 7.98. The fourth-order valence-corrected chi connectivity index (χ4v) is 5.01. The van der Waals surface area contributed by atoms with Gasteiger partial charge in [-0.25, -0.2) is 0 Å². The third-order valence-electron chi connectivity index (χ3n) is 6.14.